The number of aryl methyl sites for hydroxylation is 2. The van der Waals surface area contributed by atoms with Gasteiger partial charge in [0.05, 0.1) is 12.1 Å². The maximum Gasteiger partial charge on any atom is 0.302 e. The number of benzene rings is 1. The summed E-state index contributed by atoms with van der Waals surface area (Å²) in [6.07, 6.45) is 0. The first-order valence-corrected chi connectivity index (χ1v) is 7.54. The molecule has 0 unspecified atom stereocenters. The summed E-state index contributed by atoms with van der Waals surface area (Å²) in [5.41, 5.74) is 4.06. The first-order chi connectivity index (χ1) is 10.9. The Bertz CT molecular complexity index is 780. The number of aliphatic hydroxyl groups excluding tert-OH is 1. The van der Waals surface area contributed by atoms with Crippen LogP contribution in [0.2, 0.25) is 0 Å². The fourth-order valence-corrected chi connectivity index (χ4v) is 2.61. The second-order valence-corrected chi connectivity index (χ2v) is 5.57. The Labute approximate surface area is 134 Å². The molecule has 0 radical (unpaired) electrons. The fourth-order valence-electron chi connectivity index (χ4n) is 2.61. The average Bonchev–Trinajstić information content (AvgIpc) is 2.48. The van der Waals surface area contributed by atoms with Gasteiger partial charge in [0.1, 0.15) is 6.61 Å². The number of rotatable bonds is 6. The van der Waals surface area contributed by atoms with Crippen molar-refractivity contribution >= 4 is 16.9 Å². The van der Waals surface area contributed by atoms with E-state index >= 15 is 0 Å². The number of aliphatic hydroxyl groups is 1. The molecule has 0 spiro atoms. The molecule has 0 atom stereocenters. The topological polar surface area (TPSA) is 91.4 Å². The Balaban J connectivity index is 2.43. The highest BCUT2D eigenvalue weighted by Crippen LogP contribution is 2.24. The maximum absolute atomic E-state index is 12.2. The first kappa shape index (κ1) is 17.2. The molecule has 124 valence electrons. The molecule has 0 bridgehead atoms. The normalized spacial score (nSPS) is 11.0. The van der Waals surface area contributed by atoms with E-state index < -0.39 is 0 Å². The predicted octanol–water partition coefficient (Wildman–Crippen LogP) is 1.29. The zero-order chi connectivity index (χ0) is 17.0. The van der Waals surface area contributed by atoms with Gasteiger partial charge in [0.15, 0.2) is 0 Å². The van der Waals surface area contributed by atoms with Gasteiger partial charge in [-0.15, -0.1) is 0 Å². The summed E-state index contributed by atoms with van der Waals surface area (Å²) in [7, 11) is 0. The summed E-state index contributed by atoms with van der Waals surface area (Å²) in [6.45, 7) is 6.32. The van der Waals surface area contributed by atoms with Gasteiger partial charge >= 0.3 is 5.97 Å². The number of aromatic amines is 1. The van der Waals surface area contributed by atoms with Crippen LogP contribution in [0.3, 0.4) is 0 Å². The number of ether oxygens (including phenoxy) is 1. The third-order valence-corrected chi connectivity index (χ3v) is 3.85. The van der Waals surface area contributed by atoms with Gasteiger partial charge in [-0.25, -0.2) is 0 Å². The minimum Gasteiger partial charge on any atom is -0.461 e. The van der Waals surface area contributed by atoms with E-state index in [1.54, 1.807) is 0 Å². The fraction of sp³-hybridized carbons (Fsp3) is 0.412. The van der Waals surface area contributed by atoms with Gasteiger partial charge in [0, 0.05) is 25.6 Å². The summed E-state index contributed by atoms with van der Waals surface area (Å²) in [6, 6.07) is 3.83. The SMILES string of the molecule is CC(=O)OCc1c(C)cc2cc(CNCCO)c(=O)[nH]c2c1C. The largest absolute Gasteiger partial charge is 0.461 e. The number of fused-ring (bicyclic) bond motifs is 1. The lowest BCUT2D eigenvalue weighted by molar-refractivity contribution is -0.142. The molecular formula is C17H22N2O4. The molecule has 0 saturated heterocycles. The highest BCUT2D eigenvalue weighted by molar-refractivity contribution is 5.84. The van der Waals surface area contributed by atoms with Gasteiger partial charge in [-0.2, -0.15) is 0 Å². The van der Waals surface area contributed by atoms with E-state index in [0.717, 1.165) is 27.6 Å². The molecule has 0 fully saturated rings. The van der Waals surface area contributed by atoms with E-state index in [-0.39, 0.29) is 24.7 Å². The number of pyridine rings is 1. The molecule has 0 aliphatic heterocycles. The van der Waals surface area contributed by atoms with Crippen molar-refractivity contribution in [3.8, 4) is 0 Å². The van der Waals surface area contributed by atoms with Crippen molar-refractivity contribution in [3.05, 3.63) is 44.7 Å². The second-order valence-electron chi connectivity index (χ2n) is 5.57. The van der Waals surface area contributed by atoms with Crippen molar-refractivity contribution in [1.82, 2.24) is 10.3 Å². The van der Waals surface area contributed by atoms with Crippen molar-refractivity contribution in [2.45, 2.75) is 33.9 Å². The minimum absolute atomic E-state index is 0.0310. The van der Waals surface area contributed by atoms with Crippen molar-refractivity contribution in [3.63, 3.8) is 0 Å². The molecular weight excluding hydrogens is 296 g/mol. The van der Waals surface area contributed by atoms with Gasteiger partial charge in [0.25, 0.3) is 5.56 Å². The molecule has 0 amide bonds. The first-order valence-electron chi connectivity index (χ1n) is 7.54. The Hall–Kier alpha value is -2.18. The van der Waals surface area contributed by atoms with Gasteiger partial charge in [-0.1, -0.05) is 0 Å². The van der Waals surface area contributed by atoms with Crippen LogP contribution in [-0.2, 0) is 22.7 Å². The molecule has 3 N–H and O–H groups in total. The smallest absolute Gasteiger partial charge is 0.302 e. The average molecular weight is 318 g/mol. The lowest BCUT2D eigenvalue weighted by atomic mass is 9.98. The Morgan fingerprint density at radius 2 is 2.09 bits per heavy atom. The van der Waals surface area contributed by atoms with Crippen molar-refractivity contribution in [2.24, 2.45) is 0 Å². The number of esters is 1. The number of hydrogen-bond donors (Lipinski definition) is 3. The van der Waals surface area contributed by atoms with E-state index in [1.807, 2.05) is 26.0 Å². The van der Waals surface area contributed by atoms with Crippen LogP contribution in [0.5, 0.6) is 0 Å². The van der Waals surface area contributed by atoms with Crippen LogP contribution in [0.25, 0.3) is 10.9 Å². The van der Waals surface area contributed by atoms with E-state index in [2.05, 4.69) is 10.3 Å². The van der Waals surface area contributed by atoms with Crippen LogP contribution in [0, 0.1) is 13.8 Å². The monoisotopic (exact) mass is 318 g/mol. The van der Waals surface area contributed by atoms with Gasteiger partial charge in [0.2, 0.25) is 0 Å². The van der Waals surface area contributed by atoms with Crippen LogP contribution >= 0.6 is 0 Å². The van der Waals surface area contributed by atoms with E-state index in [1.165, 1.54) is 6.92 Å². The highest BCUT2D eigenvalue weighted by Gasteiger charge is 2.12. The Morgan fingerprint density at radius 3 is 2.74 bits per heavy atom. The van der Waals surface area contributed by atoms with Crippen LogP contribution < -0.4 is 10.9 Å². The maximum atomic E-state index is 12.2. The van der Waals surface area contributed by atoms with E-state index in [4.69, 9.17) is 9.84 Å². The Kier molecular flexibility index (Phi) is 5.52. The molecule has 1 heterocycles. The predicted molar refractivity (Wildman–Crippen MR) is 88.3 cm³/mol. The number of aromatic nitrogens is 1. The van der Waals surface area contributed by atoms with Crippen molar-refractivity contribution < 1.29 is 14.6 Å². The standard InChI is InChI=1S/C17H22N2O4/c1-10-6-13-7-14(8-18-4-5-20)17(22)19-16(13)11(2)15(10)9-23-12(3)21/h6-7,18,20H,4-5,8-9H2,1-3H3,(H,19,22). The number of carbonyl (C=O) groups excluding carboxylic acids is 1. The van der Waals surface area contributed by atoms with Crippen molar-refractivity contribution in [2.75, 3.05) is 13.2 Å². The van der Waals surface area contributed by atoms with Crippen LogP contribution in [0.1, 0.15) is 29.2 Å². The Morgan fingerprint density at radius 1 is 1.35 bits per heavy atom. The minimum atomic E-state index is -0.331. The lowest BCUT2D eigenvalue weighted by Crippen LogP contribution is -2.23. The number of carbonyl (C=O) groups is 1. The summed E-state index contributed by atoms with van der Waals surface area (Å²) in [5.74, 6) is -0.331. The third-order valence-electron chi connectivity index (χ3n) is 3.85. The second kappa shape index (κ2) is 7.39. The molecule has 6 heteroatoms. The van der Waals surface area contributed by atoms with Crippen LogP contribution in [-0.4, -0.2) is 29.2 Å². The zero-order valence-corrected chi connectivity index (χ0v) is 13.7. The summed E-state index contributed by atoms with van der Waals surface area (Å²) >= 11 is 0. The van der Waals surface area contributed by atoms with Gasteiger partial charge in [-0.3, -0.25) is 9.59 Å². The molecule has 0 aliphatic rings. The molecule has 2 rings (SSSR count). The molecule has 1 aromatic heterocycles. The summed E-state index contributed by atoms with van der Waals surface area (Å²) < 4.78 is 5.09. The number of hydrogen-bond acceptors (Lipinski definition) is 5. The summed E-state index contributed by atoms with van der Waals surface area (Å²) in [5, 5.41) is 12.7. The van der Waals surface area contributed by atoms with Crippen LogP contribution in [0.4, 0.5) is 0 Å². The zero-order valence-electron chi connectivity index (χ0n) is 13.7. The number of nitrogens with one attached hydrogen (secondary N) is 2. The van der Waals surface area contributed by atoms with E-state index in [9.17, 15) is 9.59 Å². The van der Waals surface area contributed by atoms with Crippen LogP contribution in [0.15, 0.2) is 16.9 Å². The van der Waals surface area contributed by atoms with Gasteiger partial charge in [-0.05, 0) is 48.1 Å². The molecule has 23 heavy (non-hydrogen) atoms. The summed E-state index contributed by atoms with van der Waals surface area (Å²) in [4.78, 5) is 26.1. The molecule has 2 aromatic rings. The molecule has 0 aliphatic carbocycles. The highest BCUT2D eigenvalue weighted by atomic mass is 16.5. The third kappa shape index (κ3) is 3.97. The van der Waals surface area contributed by atoms with E-state index in [0.29, 0.717) is 18.7 Å². The lowest BCUT2D eigenvalue weighted by Gasteiger charge is -2.14. The van der Waals surface area contributed by atoms with Gasteiger partial charge < -0.3 is 20.1 Å². The molecule has 6 nitrogen and oxygen atoms in total. The number of H-pyrrole nitrogens is 1. The molecule has 1 aromatic carbocycles. The van der Waals surface area contributed by atoms with Crippen molar-refractivity contribution in [1.29, 1.82) is 0 Å². The molecule has 0 saturated carbocycles. The quantitative estimate of drug-likeness (QED) is 0.551.